The van der Waals surface area contributed by atoms with Crippen LogP contribution in [0.3, 0.4) is 0 Å². The van der Waals surface area contributed by atoms with Gasteiger partial charge in [0.05, 0.1) is 12.1 Å². The van der Waals surface area contributed by atoms with Gasteiger partial charge in [-0.15, -0.1) is 5.10 Å². The zero-order valence-corrected chi connectivity index (χ0v) is 21.3. The lowest BCUT2D eigenvalue weighted by molar-refractivity contribution is -0.612. The van der Waals surface area contributed by atoms with Crippen molar-refractivity contribution in [3.8, 4) is 16.8 Å². The Balaban J connectivity index is 1.32. The number of hydrogen-bond acceptors (Lipinski definition) is 5. The zero-order chi connectivity index (χ0) is 25.8. The Kier molecular flexibility index (Phi) is 7.32. The van der Waals surface area contributed by atoms with Crippen LogP contribution >= 0.6 is 11.6 Å². The molecule has 4 aromatic rings. The third-order valence-electron chi connectivity index (χ3n) is 6.78. The number of amides is 2. The van der Waals surface area contributed by atoms with Crippen LogP contribution in [0.2, 0.25) is 5.02 Å². The predicted octanol–water partition coefficient (Wildman–Crippen LogP) is 4.12. The summed E-state index contributed by atoms with van der Waals surface area (Å²) >= 11 is 6.25. The van der Waals surface area contributed by atoms with E-state index in [0.29, 0.717) is 29.6 Å². The third-order valence-corrected chi connectivity index (χ3v) is 7.01. The molecule has 0 aliphatic carbocycles. The quantitative estimate of drug-likeness (QED) is 0.306. The summed E-state index contributed by atoms with van der Waals surface area (Å²) in [5.74, 6) is 0.403. The minimum absolute atomic E-state index is 0.0148. The number of hydrogen-bond donors (Lipinski definition) is 1. The largest absolute Gasteiger partial charge is 0.618 e. The molecule has 1 N–H and O–H groups in total. The average molecular weight is 518 g/mol. The summed E-state index contributed by atoms with van der Waals surface area (Å²) in [5.41, 5.74) is 5.20. The van der Waals surface area contributed by atoms with Crippen molar-refractivity contribution in [1.82, 2.24) is 30.4 Å². The Morgan fingerprint density at radius 3 is 2.73 bits per heavy atom. The summed E-state index contributed by atoms with van der Waals surface area (Å²) in [7, 11) is 0. The second-order valence-corrected chi connectivity index (χ2v) is 9.61. The second kappa shape index (κ2) is 11.0. The lowest BCUT2D eigenvalue weighted by atomic mass is 9.88. The van der Waals surface area contributed by atoms with Crippen LogP contribution in [0.15, 0.2) is 67.1 Å². The van der Waals surface area contributed by atoms with Gasteiger partial charge < -0.3 is 15.4 Å². The first kappa shape index (κ1) is 24.7. The molecule has 10 heteroatoms. The molecule has 2 aromatic heterocycles. The maximum Gasteiger partial charge on any atom is 0.317 e. The molecule has 37 heavy (non-hydrogen) atoms. The van der Waals surface area contributed by atoms with Crippen LogP contribution < -0.4 is 10.0 Å². The minimum Gasteiger partial charge on any atom is -0.618 e. The fourth-order valence-corrected chi connectivity index (χ4v) is 5.04. The van der Waals surface area contributed by atoms with Gasteiger partial charge in [0.1, 0.15) is 6.33 Å². The molecular weight excluding hydrogens is 490 g/mol. The molecule has 0 unspecified atom stereocenters. The number of rotatable bonds is 6. The molecule has 0 saturated carbocycles. The first-order valence-corrected chi connectivity index (χ1v) is 12.8. The highest BCUT2D eigenvalue weighted by Gasteiger charge is 2.24. The van der Waals surface area contributed by atoms with Gasteiger partial charge in [0.15, 0.2) is 11.9 Å². The average Bonchev–Trinajstić information content (AvgIpc) is 3.45. The van der Waals surface area contributed by atoms with Gasteiger partial charge in [0.25, 0.3) is 0 Å². The van der Waals surface area contributed by atoms with Crippen LogP contribution in [-0.2, 0) is 6.42 Å². The smallest absolute Gasteiger partial charge is 0.317 e. The number of benzene rings is 2. The lowest BCUT2D eigenvalue weighted by Gasteiger charge is -2.32. The summed E-state index contributed by atoms with van der Waals surface area (Å²) in [6.45, 7) is 4.07. The SMILES string of the molecule is CCNC(=O)N1CCC(c2cccc(Cc3ccc(-c4cc(Cl)ccc4-n4cnnn4)c[n+]3[O-])c2)CC1. The maximum atomic E-state index is 13.0. The summed E-state index contributed by atoms with van der Waals surface area (Å²) in [4.78, 5) is 14.0. The standard InChI is InChI=1S/C27H28ClN7O2/c1-2-29-27(36)33-12-10-20(11-13-33)21-5-3-4-19(14-21)15-24-8-6-22(17-35(24)37)25-16-23(28)7-9-26(25)34-18-30-31-32-34/h3-9,14,16-18,20H,2,10-13,15H2,1H3,(H,29,36). The van der Waals surface area contributed by atoms with E-state index in [1.807, 2.05) is 36.1 Å². The molecule has 9 nitrogen and oxygen atoms in total. The number of nitrogens with one attached hydrogen (secondary N) is 1. The van der Waals surface area contributed by atoms with E-state index in [2.05, 4.69) is 39.0 Å². The van der Waals surface area contributed by atoms with Gasteiger partial charge in [-0.25, -0.2) is 4.79 Å². The van der Waals surface area contributed by atoms with Gasteiger partial charge in [-0.05, 0) is 71.5 Å². The molecule has 1 saturated heterocycles. The molecule has 1 aliphatic rings. The van der Waals surface area contributed by atoms with E-state index in [1.165, 1.54) is 11.9 Å². The van der Waals surface area contributed by atoms with Gasteiger partial charge in [-0.3, -0.25) is 0 Å². The van der Waals surface area contributed by atoms with Crippen molar-refractivity contribution in [3.63, 3.8) is 0 Å². The van der Waals surface area contributed by atoms with Gasteiger partial charge in [0.2, 0.25) is 0 Å². The van der Waals surface area contributed by atoms with Crippen molar-refractivity contribution in [1.29, 1.82) is 0 Å². The van der Waals surface area contributed by atoms with Crippen LogP contribution in [0.25, 0.3) is 16.8 Å². The summed E-state index contributed by atoms with van der Waals surface area (Å²) in [6.07, 6.45) is 5.45. The minimum atomic E-state index is 0.0148. The number of pyridine rings is 1. The van der Waals surface area contributed by atoms with E-state index in [0.717, 1.165) is 53.0 Å². The van der Waals surface area contributed by atoms with Crippen LogP contribution in [0, 0.1) is 5.21 Å². The molecule has 1 aliphatic heterocycles. The lowest BCUT2D eigenvalue weighted by Crippen LogP contribution is -2.44. The Morgan fingerprint density at radius 1 is 1.16 bits per heavy atom. The number of urea groups is 1. The fourth-order valence-electron chi connectivity index (χ4n) is 4.86. The summed E-state index contributed by atoms with van der Waals surface area (Å²) in [5, 5.41) is 27.9. The van der Waals surface area contributed by atoms with Crippen molar-refractivity contribution >= 4 is 17.6 Å². The number of halogens is 1. The van der Waals surface area contributed by atoms with Crippen LogP contribution in [0.5, 0.6) is 0 Å². The second-order valence-electron chi connectivity index (χ2n) is 9.17. The molecule has 2 amide bonds. The predicted molar refractivity (Wildman–Crippen MR) is 140 cm³/mol. The Bertz CT molecular complexity index is 1390. The number of carbonyl (C=O) groups is 1. The number of carbonyl (C=O) groups excluding carboxylic acids is 1. The number of tetrazole rings is 1. The summed E-state index contributed by atoms with van der Waals surface area (Å²) in [6, 6.07) is 17.6. The van der Waals surface area contributed by atoms with Crippen molar-refractivity contribution in [2.24, 2.45) is 0 Å². The number of piperidine rings is 1. The molecule has 3 heterocycles. The number of aromatic nitrogens is 5. The summed E-state index contributed by atoms with van der Waals surface area (Å²) < 4.78 is 2.46. The van der Waals surface area contributed by atoms with E-state index in [4.69, 9.17) is 11.6 Å². The molecular formula is C27H28ClN7O2. The van der Waals surface area contributed by atoms with Crippen LogP contribution in [-0.4, -0.2) is 50.8 Å². The van der Waals surface area contributed by atoms with E-state index < -0.39 is 0 Å². The first-order valence-electron chi connectivity index (χ1n) is 12.4. The maximum absolute atomic E-state index is 13.0. The van der Waals surface area contributed by atoms with Crippen molar-refractivity contribution in [2.45, 2.75) is 32.1 Å². The Morgan fingerprint density at radius 2 is 2.00 bits per heavy atom. The van der Waals surface area contributed by atoms with Crippen molar-refractivity contribution in [3.05, 3.63) is 94.2 Å². The molecule has 0 atom stereocenters. The molecule has 1 fully saturated rings. The Labute approximate surface area is 220 Å². The van der Waals surface area contributed by atoms with Gasteiger partial charge in [0, 0.05) is 41.9 Å². The van der Waals surface area contributed by atoms with Crippen LogP contribution in [0.1, 0.15) is 42.5 Å². The molecule has 5 rings (SSSR count). The highest BCUT2D eigenvalue weighted by molar-refractivity contribution is 6.31. The van der Waals surface area contributed by atoms with Gasteiger partial charge in [-0.2, -0.15) is 9.41 Å². The van der Waals surface area contributed by atoms with E-state index in [1.54, 1.807) is 23.0 Å². The monoisotopic (exact) mass is 517 g/mol. The normalized spacial score (nSPS) is 14.1. The van der Waals surface area contributed by atoms with Gasteiger partial charge in [-0.1, -0.05) is 35.9 Å². The third kappa shape index (κ3) is 5.56. The van der Waals surface area contributed by atoms with Crippen LogP contribution in [0.4, 0.5) is 4.79 Å². The molecule has 0 spiro atoms. The van der Waals surface area contributed by atoms with E-state index in [-0.39, 0.29) is 6.03 Å². The molecule has 2 aromatic carbocycles. The molecule has 0 radical (unpaired) electrons. The number of nitrogens with zero attached hydrogens (tertiary/aromatic N) is 6. The van der Waals surface area contributed by atoms with Crippen molar-refractivity contribution < 1.29 is 9.52 Å². The molecule has 0 bridgehead atoms. The van der Waals surface area contributed by atoms with E-state index in [9.17, 15) is 10.0 Å². The first-order chi connectivity index (χ1) is 18.0. The number of likely N-dealkylation sites (tertiary alicyclic amines) is 1. The topological polar surface area (TPSA) is 103 Å². The van der Waals surface area contributed by atoms with E-state index >= 15 is 0 Å². The Hall–Kier alpha value is -3.98. The highest BCUT2D eigenvalue weighted by atomic mass is 35.5. The highest BCUT2D eigenvalue weighted by Crippen LogP contribution is 2.30. The van der Waals surface area contributed by atoms with Gasteiger partial charge >= 0.3 is 6.03 Å². The molecule has 190 valence electrons. The fraction of sp³-hybridized carbons (Fsp3) is 0.296. The van der Waals surface area contributed by atoms with Crippen molar-refractivity contribution in [2.75, 3.05) is 19.6 Å². The zero-order valence-electron chi connectivity index (χ0n) is 20.5.